The fourth-order valence-corrected chi connectivity index (χ4v) is 2.16. The van der Waals surface area contributed by atoms with Gasteiger partial charge in [0.15, 0.2) is 0 Å². The monoisotopic (exact) mass is 265 g/mol. The molecule has 1 unspecified atom stereocenters. The Morgan fingerprint density at radius 2 is 2.06 bits per heavy atom. The fourth-order valence-electron chi connectivity index (χ4n) is 1.95. The minimum Gasteiger partial charge on any atom is -0.388 e. The second kappa shape index (κ2) is 5.50. The highest BCUT2D eigenvalue weighted by Crippen LogP contribution is 2.25. The van der Waals surface area contributed by atoms with E-state index in [-0.39, 0.29) is 0 Å². The van der Waals surface area contributed by atoms with Crippen molar-refractivity contribution in [3.63, 3.8) is 0 Å². The summed E-state index contributed by atoms with van der Waals surface area (Å²) in [6.07, 6.45) is 3.20. The van der Waals surface area contributed by atoms with E-state index in [9.17, 15) is 5.11 Å². The number of aliphatic hydroxyl groups excluding tert-OH is 1. The van der Waals surface area contributed by atoms with Crippen LogP contribution in [0.5, 0.6) is 0 Å². The lowest BCUT2D eigenvalue weighted by atomic mass is 10.1. The molecule has 96 valence electrons. The molecule has 18 heavy (non-hydrogen) atoms. The van der Waals surface area contributed by atoms with Gasteiger partial charge in [-0.2, -0.15) is 5.10 Å². The molecule has 5 heteroatoms. The predicted molar refractivity (Wildman–Crippen MR) is 70.5 cm³/mol. The maximum atomic E-state index is 10.2. The van der Waals surface area contributed by atoms with Crippen molar-refractivity contribution < 1.29 is 5.11 Å². The summed E-state index contributed by atoms with van der Waals surface area (Å²) < 4.78 is 1.84. The number of aliphatic hydroxyl groups is 1. The standard InChI is InChI=1S/C13H16ClN3O/c1-3-17-11(13(14)9(2)16-17)8-12(18)10-4-6-15-7-5-10/h4-7,12,18H,3,8H2,1-2H3. The van der Waals surface area contributed by atoms with E-state index in [1.54, 1.807) is 24.5 Å². The summed E-state index contributed by atoms with van der Waals surface area (Å²) in [5.74, 6) is 0. The Morgan fingerprint density at radius 3 is 2.67 bits per heavy atom. The summed E-state index contributed by atoms with van der Waals surface area (Å²) in [6.45, 7) is 4.62. The zero-order valence-corrected chi connectivity index (χ0v) is 11.2. The molecule has 0 aromatic carbocycles. The van der Waals surface area contributed by atoms with Crippen molar-refractivity contribution in [2.24, 2.45) is 0 Å². The van der Waals surface area contributed by atoms with E-state index in [1.165, 1.54) is 0 Å². The lowest BCUT2D eigenvalue weighted by molar-refractivity contribution is 0.175. The van der Waals surface area contributed by atoms with E-state index < -0.39 is 6.10 Å². The topological polar surface area (TPSA) is 50.9 Å². The molecule has 0 bridgehead atoms. The molecular formula is C13H16ClN3O. The Morgan fingerprint density at radius 1 is 1.39 bits per heavy atom. The van der Waals surface area contributed by atoms with E-state index >= 15 is 0 Å². The van der Waals surface area contributed by atoms with Crippen molar-refractivity contribution >= 4 is 11.6 Å². The van der Waals surface area contributed by atoms with Crippen molar-refractivity contribution in [3.8, 4) is 0 Å². The minimum atomic E-state index is -0.591. The van der Waals surface area contributed by atoms with Crippen LogP contribution in [-0.2, 0) is 13.0 Å². The average Bonchev–Trinajstić information content (AvgIpc) is 2.67. The molecule has 0 aliphatic carbocycles. The Kier molecular flexibility index (Phi) is 3.99. The Balaban J connectivity index is 2.24. The van der Waals surface area contributed by atoms with E-state index in [4.69, 9.17) is 11.6 Å². The SMILES string of the molecule is CCn1nc(C)c(Cl)c1CC(O)c1ccncc1. The molecule has 2 aromatic rings. The Hall–Kier alpha value is -1.39. The number of halogens is 1. The van der Waals surface area contributed by atoms with Crippen LogP contribution in [0.15, 0.2) is 24.5 Å². The van der Waals surface area contributed by atoms with Crippen molar-refractivity contribution in [2.75, 3.05) is 0 Å². The Labute approximate surface area is 111 Å². The van der Waals surface area contributed by atoms with E-state index in [0.717, 1.165) is 23.5 Å². The molecule has 1 atom stereocenters. The summed E-state index contributed by atoms with van der Waals surface area (Å²) in [6, 6.07) is 3.61. The van der Waals surface area contributed by atoms with Crippen LogP contribution < -0.4 is 0 Å². The van der Waals surface area contributed by atoms with Crippen LogP contribution in [0.25, 0.3) is 0 Å². The quantitative estimate of drug-likeness (QED) is 0.924. The molecule has 0 spiro atoms. The van der Waals surface area contributed by atoms with Crippen LogP contribution in [0.3, 0.4) is 0 Å². The van der Waals surface area contributed by atoms with E-state index in [0.29, 0.717) is 11.4 Å². The lowest BCUT2D eigenvalue weighted by Gasteiger charge is -2.12. The molecule has 0 amide bonds. The first kappa shape index (κ1) is 13.1. The number of hydrogen-bond donors (Lipinski definition) is 1. The van der Waals surface area contributed by atoms with Gasteiger partial charge in [0.2, 0.25) is 0 Å². The van der Waals surface area contributed by atoms with Crippen molar-refractivity contribution in [1.82, 2.24) is 14.8 Å². The van der Waals surface area contributed by atoms with Crippen LogP contribution in [0.1, 0.15) is 30.0 Å². The second-order valence-electron chi connectivity index (χ2n) is 4.16. The van der Waals surface area contributed by atoms with Gasteiger partial charge in [-0.25, -0.2) is 0 Å². The average molecular weight is 266 g/mol. The van der Waals surface area contributed by atoms with Crippen molar-refractivity contribution in [2.45, 2.75) is 32.9 Å². The third kappa shape index (κ3) is 2.54. The summed E-state index contributed by atoms with van der Waals surface area (Å²) in [5, 5.41) is 15.2. The number of rotatable bonds is 4. The summed E-state index contributed by atoms with van der Waals surface area (Å²) >= 11 is 6.22. The maximum absolute atomic E-state index is 10.2. The van der Waals surface area contributed by atoms with Crippen LogP contribution >= 0.6 is 11.6 Å². The number of aromatic nitrogens is 3. The molecule has 0 saturated carbocycles. The van der Waals surface area contributed by atoms with Gasteiger partial charge in [-0.05, 0) is 31.5 Å². The predicted octanol–water partition coefficient (Wildman–Crippen LogP) is 2.54. The van der Waals surface area contributed by atoms with Crippen LogP contribution in [0.2, 0.25) is 5.02 Å². The molecule has 0 aliphatic rings. The molecule has 0 saturated heterocycles. The second-order valence-corrected chi connectivity index (χ2v) is 4.54. The van der Waals surface area contributed by atoms with Crippen LogP contribution in [0, 0.1) is 6.92 Å². The molecule has 1 N–H and O–H groups in total. The lowest BCUT2D eigenvalue weighted by Crippen LogP contribution is -2.08. The fraction of sp³-hybridized carbons (Fsp3) is 0.385. The highest BCUT2D eigenvalue weighted by Gasteiger charge is 2.17. The van der Waals surface area contributed by atoms with E-state index in [2.05, 4.69) is 10.1 Å². The summed E-state index contributed by atoms with van der Waals surface area (Å²) in [5.41, 5.74) is 2.51. The van der Waals surface area contributed by atoms with E-state index in [1.807, 2.05) is 18.5 Å². The van der Waals surface area contributed by atoms with Gasteiger partial charge in [0, 0.05) is 25.4 Å². The molecular weight excluding hydrogens is 250 g/mol. The summed E-state index contributed by atoms with van der Waals surface area (Å²) in [4.78, 5) is 3.94. The third-order valence-electron chi connectivity index (χ3n) is 2.93. The number of pyridine rings is 1. The van der Waals surface area contributed by atoms with Crippen LogP contribution in [0.4, 0.5) is 0 Å². The first-order valence-corrected chi connectivity index (χ1v) is 6.31. The third-order valence-corrected chi connectivity index (χ3v) is 3.42. The first-order chi connectivity index (χ1) is 8.63. The maximum Gasteiger partial charge on any atom is 0.0848 e. The molecule has 4 nitrogen and oxygen atoms in total. The first-order valence-electron chi connectivity index (χ1n) is 5.93. The molecule has 2 heterocycles. The Bertz CT molecular complexity index is 525. The minimum absolute atomic E-state index is 0.456. The summed E-state index contributed by atoms with van der Waals surface area (Å²) in [7, 11) is 0. The molecule has 2 rings (SSSR count). The molecule has 0 fully saturated rings. The normalized spacial score (nSPS) is 12.7. The number of aryl methyl sites for hydroxylation is 2. The highest BCUT2D eigenvalue weighted by atomic mass is 35.5. The highest BCUT2D eigenvalue weighted by molar-refractivity contribution is 6.31. The van der Waals surface area contributed by atoms with Crippen LogP contribution in [-0.4, -0.2) is 19.9 Å². The van der Waals surface area contributed by atoms with Gasteiger partial charge >= 0.3 is 0 Å². The largest absolute Gasteiger partial charge is 0.388 e. The smallest absolute Gasteiger partial charge is 0.0848 e. The molecule has 0 radical (unpaired) electrons. The van der Waals surface area contributed by atoms with Crippen molar-refractivity contribution in [1.29, 1.82) is 0 Å². The number of nitrogens with zero attached hydrogens (tertiary/aromatic N) is 3. The van der Waals surface area contributed by atoms with Gasteiger partial charge in [-0.1, -0.05) is 11.6 Å². The van der Waals surface area contributed by atoms with Gasteiger partial charge in [-0.15, -0.1) is 0 Å². The zero-order chi connectivity index (χ0) is 13.1. The molecule has 0 aliphatic heterocycles. The van der Waals surface area contributed by atoms with Gasteiger partial charge in [0.25, 0.3) is 0 Å². The van der Waals surface area contributed by atoms with Gasteiger partial charge in [0.05, 0.1) is 22.5 Å². The zero-order valence-electron chi connectivity index (χ0n) is 10.5. The van der Waals surface area contributed by atoms with Gasteiger partial charge < -0.3 is 5.11 Å². The number of hydrogen-bond acceptors (Lipinski definition) is 3. The van der Waals surface area contributed by atoms with Gasteiger partial charge in [0.1, 0.15) is 0 Å². The van der Waals surface area contributed by atoms with Gasteiger partial charge in [-0.3, -0.25) is 9.67 Å². The van der Waals surface area contributed by atoms with Crippen molar-refractivity contribution in [3.05, 3.63) is 46.5 Å². The molecule has 2 aromatic heterocycles.